The number of anilines is 2. The molecule has 1 amide bonds. The van der Waals surface area contributed by atoms with Crippen LogP contribution in [0, 0.1) is 0 Å². The van der Waals surface area contributed by atoms with Gasteiger partial charge in [0.05, 0.1) is 22.2 Å². The van der Waals surface area contributed by atoms with Crippen LogP contribution in [-0.4, -0.2) is 31.2 Å². The molecule has 0 aliphatic heterocycles. The van der Waals surface area contributed by atoms with E-state index < -0.39 is 22.0 Å². The Labute approximate surface area is 186 Å². The number of rotatable bonds is 7. The Morgan fingerprint density at radius 1 is 1.13 bits per heavy atom. The summed E-state index contributed by atoms with van der Waals surface area (Å²) in [5.41, 5.74) is 2.83. The number of aryl methyl sites for hydroxylation is 1. The lowest BCUT2D eigenvalue weighted by Gasteiger charge is -2.28. The summed E-state index contributed by atoms with van der Waals surface area (Å²) >= 11 is 1.12. The fourth-order valence-corrected chi connectivity index (χ4v) is 5.76. The van der Waals surface area contributed by atoms with Gasteiger partial charge in [0.15, 0.2) is 0 Å². The van der Waals surface area contributed by atoms with Crippen molar-refractivity contribution in [2.45, 2.75) is 46.2 Å². The van der Waals surface area contributed by atoms with Gasteiger partial charge in [-0.15, -0.1) is 0 Å². The van der Waals surface area contributed by atoms with Crippen LogP contribution in [-0.2, 0) is 21.2 Å². The molecule has 2 aromatic carbocycles. The summed E-state index contributed by atoms with van der Waals surface area (Å²) in [7, 11) is -3.69. The molecule has 0 aliphatic rings. The first kappa shape index (κ1) is 23.0. The van der Waals surface area contributed by atoms with Crippen molar-refractivity contribution < 1.29 is 13.2 Å². The molecule has 0 bridgehead atoms. The van der Waals surface area contributed by atoms with E-state index >= 15 is 0 Å². The summed E-state index contributed by atoms with van der Waals surface area (Å²) in [5.74, 6) is -0.458. The van der Waals surface area contributed by atoms with E-state index in [0.717, 1.165) is 44.1 Å². The Morgan fingerprint density at radius 2 is 1.77 bits per heavy atom. The highest BCUT2D eigenvalue weighted by Gasteiger charge is 2.29. The van der Waals surface area contributed by atoms with E-state index in [1.54, 1.807) is 41.8 Å². The first-order valence-electron chi connectivity index (χ1n) is 10.1. The quantitative estimate of drug-likeness (QED) is 0.576. The second-order valence-corrected chi connectivity index (χ2v) is 10.6. The second-order valence-electron chi connectivity index (χ2n) is 7.76. The van der Waals surface area contributed by atoms with E-state index in [4.69, 9.17) is 0 Å². The first-order valence-corrected chi connectivity index (χ1v) is 12.7. The third-order valence-corrected chi connectivity index (χ3v) is 7.24. The van der Waals surface area contributed by atoms with Crippen LogP contribution >= 0.6 is 11.3 Å². The number of fused-ring (bicyclic) bond motifs is 1. The first-order chi connectivity index (χ1) is 14.5. The number of thiazole rings is 1. The molecular weight excluding hydrogens is 434 g/mol. The van der Waals surface area contributed by atoms with Gasteiger partial charge >= 0.3 is 4.87 Å². The third kappa shape index (κ3) is 4.83. The molecule has 3 rings (SSSR count). The predicted molar refractivity (Wildman–Crippen MR) is 128 cm³/mol. The average Bonchev–Trinajstić information content (AvgIpc) is 3.02. The lowest BCUT2D eigenvalue weighted by atomic mass is 10.1. The van der Waals surface area contributed by atoms with Crippen molar-refractivity contribution in [1.82, 2.24) is 4.57 Å². The minimum atomic E-state index is -3.69. The number of nitrogens with one attached hydrogen (secondary N) is 1. The van der Waals surface area contributed by atoms with E-state index in [1.165, 1.54) is 0 Å². The van der Waals surface area contributed by atoms with Gasteiger partial charge in [0, 0.05) is 11.7 Å². The highest BCUT2D eigenvalue weighted by molar-refractivity contribution is 7.92. The van der Waals surface area contributed by atoms with Crippen LogP contribution in [0.5, 0.6) is 0 Å². The fraction of sp³-hybridized carbons (Fsp3) is 0.364. The SMILES string of the molecule is CCc1ccc(N([C@H](C)C(=O)Nc2ccc3c(c2)sc(=O)n3C(C)C)S(C)(=O)=O)cc1. The Balaban J connectivity index is 1.89. The highest BCUT2D eigenvalue weighted by Crippen LogP contribution is 2.26. The number of sulfonamides is 1. The normalized spacial score (nSPS) is 12.8. The summed E-state index contributed by atoms with van der Waals surface area (Å²) in [4.78, 5) is 25.1. The summed E-state index contributed by atoms with van der Waals surface area (Å²) in [6.07, 6.45) is 1.92. The lowest BCUT2D eigenvalue weighted by Crippen LogP contribution is -2.45. The van der Waals surface area contributed by atoms with Crippen molar-refractivity contribution in [3.8, 4) is 0 Å². The van der Waals surface area contributed by atoms with Gasteiger partial charge in [-0.25, -0.2) is 8.42 Å². The highest BCUT2D eigenvalue weighted by atomic mass is 32.2. The minimum absolute atomic E-state index is 0.0316. The number of hydrogen-bond acceptors (Lipinski definition) is 5. The van der Waals surface area contributed by atoms with Crippen LogP contribution in [0.3, 0.4) is 0 Å². The van der Waals surface area contributed by atoms with Gasteiger partial charge in [0.2, 0.25) is 15.9 Å². The Bertz CT molecular complexity index is 1260. The topological polar surface area (TPSA) is 88.5 Å². The third-order valence-electron chi connectivity index (χ3n) is 5.08. The van der Waals surface area contributed by atoms with E-state index in [0.29, 0.717) is 11.4 Å². The van der Waals surface area contributed by atoms with E-state index in [-0.39, 0.29) is 10.9 Å². The van der Waals surface area contributed by atoms with E-state index in [9.17, 15) is 18.0 Å². The molecule has 1 atom stereocenters. The molecule has 31 heavy (non-hydrogen) atoms. The molecule has 7 nitrogen and oxygen atoms in total. The average molecular weight is 462 g/mol. The van der Waals surface area contributed by atoms with Gasteiger partial charge in [-0.05, 0) is 63.1 Å². The van der Waals surface area contributed by atoms with Gasteiger partial charge in [0.1, 0.15) is 6.04 Å². The van der Waals surface area contributed by atoms with Crippen LogP contribution in [0.2, 0.25) is 0 Å². The molecule has 9 heteroatoms. The molecule has 0 spiro atoms. The van der Waals surface area contributed by atoms with Crippen molar-refractivity contribution >= 4 is 48.9 Å². The van der Waals surface area contributed by atoms with Gasteiger partial charge in [-0.2, -0.15) is 0 Å². The van der Waals surface area contributed by atoms with Crippen molar-refractivity contribution in [2.24, 2.45) is 0 Å². The second kappa shape index (κ2) is 8.84. The number of carbonyl (C=O) groups excluding carboxylic acids is 1. The summed E-state index contributed by atoms with van der Waals surface area (Å²) in [6.45, 7) is 7.45. The predicted octanol–water partition coefficient (Wildman–Crippen LogP) is 4.00. The van der Waals surface area contributed by atoms with Crippen LogP contribution in [0.15, 0.2) is 47.3 Å². The fourth-order valence-electron chi connectivity index (χ4n) is 3.54. The zero-order valence-corrected chi connectivity index (χ0v) is 19.9. The molecule has 166 valence electrons. The molecular formula is C22H27N3O4S2. The summed E-state index contributed by atoms with van der Waals surface area (Å²) in [6, 6.07) is 11.5. The molecule has 0 unspecified atom stereocenters. The molecule has 0 fully saturated rings. The van der Waals surface area contributed by atoms with Gasteiger partial charge in [-0.1, -0.05) is 30.4 Å². The van der Waals surface area contributed by atoms with E-state index in [1.807, 2.05) is 32.9 Å². The van der Waals surface area contributed by atoms with Crippen LogP contribution in [0.4, 0.5) is 11.4 Å². The van der Waals surface area contributed by atoms with Gasteiger partial charge in [0.25, 0.3) is 0 Å². The summed E-state index contributed by atoms with van der Waals surface area (Å²) < 4.78 is 28.5. The zero-order valence-electron chi connectivity index (χ0n) is 18.2. The molecule has 3 aromatic rings. The Morgan fingerprint density at radius 3 is 2.32 bits per heavy atom. The van der Waals surface area contributed by atoms with Crippen LogP contribution in [0.25, 0.3) is 10.2 Å². The number of nitrogens with zero attached hydrogens (tertiary/aromatic N) is 2. The molecule has 1 N–H and O–H groups in total. The van der Waals surface area contributed by atoms with Crippen LogP contribution < -0.4 is 14.5 Å². The largest absolute Gasteiger partial charge is 0.324 e. The molecule has 0 aliphatic carbocycles. The van der Waals surface area contributed by atoms with Crippen molar-refractivity contribution in [3.63, 3.8) is 0 Å². The number of hydrogen-bond donors (Lipinski definition) is 1. The van der Waals surface area contributed by atoms with E-state index in [2.05, 4.69) is 5.32 Å². The monoisotopic (exact) mass is 461 g/mol. The van der Waals surface area contributed by atoms with Crippen molar-refractivity contribution in [1.29, 1.82) is 0 Å². The minimum Gasteiger partial charge on any atom is -0.324 e. The Kier molecular flexibility index (Phi) is 6.56. The smallest absolute Gasteiger partial charge is 0.308 e. The number of aromatic nitrogens is 1. The standard InChI is InChI=1S/C22H27N3O4S2/c1-6-16-7-10-18(11-8-16)25(31(5,28)29)15(4)21(26)23-17-9-12-19-20(13-17)30-22(27)24(19)14(2)3/h7-15H,6H2,1-5H3,(H,23,26)/t15-/m1/s1. The zero-order chi connectivity index (χ0) is 22.9. The van der Waals surface area contributed by atoms with Gasteiger partial charge in [-0.3, -0.25) is 18.5 Å². The van der Waals surface area contributed by atoms with Crippen molar-refractivity contribution in [2.75, 3.05) is 15.9 Å². The van der Waals surface area contributed by atoms with Gasteiger partial charge < -0.3 is 5.32 Å². The maximum Gasteiger partial charge on any atom is 0.308 e. The van der Waals surface area contributed by atoms with Crippen LogP contribution in [0.1, 0.15) is 39.3 Å². The van der Waals surface area contributed by atoms with Crippen molar-refractivity contribution in [3.05, 3.63) is 57.7 Å². The molecule has 0 saturated heterocycles. The molecule has 1 aromatic heterocycles. The number of carbonyl (C=O) groups is 1. The molecule has 1 heterocycles. The lowest BCUT2D eigenvalue weighted by molar-refractivity contribution is -0.116. The molecule has 0 saturated carbocycles. The maximum atomic E-state index is 12.9. The summed E-state index contributed by atoms with van der Waals surface area (Å²) in [5, 5.41) is 2.79. The number of benzene rings is 2. The number of amides is 1. The molecule has 0 radical (unpaired) electrons. The maximum absolute atomic E-state index is 12.9. The Hall–Kier alpha value is -2.65.